The van der Waals surface area contributed by atoms with Crippen molar-refractivity contribution in [1.82, 2.24) is 5.32 Å². The van der Waals surface area contributed by atoms with Crippen molar-refractivity contribution in [3.05, 3.63) is 29.8 Å². The molecule has 0 fully saturated rings. The molecule has 2 N–H and O–H groups in total. The Kier molecular flexibility index (Phi) is 6.80. The molecule has 7 heteroatoms. The molecule has 1 rings (SSSR count). The van der Waals surface area contributed by atoms with E-state index in [-0.39, 0.29) is 17.9 Å². The Morgan fingerprint density at radius 2 is 1.95 bits per heavy atom. The zero-order chi connectivity index (χ0) is 15.9. The van der Waals surface area contributed by atoms with Crippen LogP contribution in [0.4, 0.5) is 0 Å². The smallest absolute Gasteiger partial charge is 0.308 e. The van der Waals surface area contributed by atoms with E-state index < -0.39 is 21.9 Å². The topological polar surface area (TPSA) is 92.7 Å². The number of hydrogen-bond donors (Lipinski definition) is 2. The Balaban J connectivity index is 2.37. The molecule has 1 atom stereocenters. The van der Waals surface area contributed by atoms with E-state index in [2.05, 4.69) is 5.32 Å². The molecule has 0 amide bonds. The first-order valence-electron chi connectivity index (χ1n) is 6.66. The van der Waals surface area contributed by atoms with Crippen LogP contribution in [0.5, 0.6) is 0 Å². The Morgan fingerprint density at radius 1 is 1.33 bits per heavy atom. The van der Waals surface area contributed by atoms with Gasteiger partial charge in [0.2, 0.25) is 0 Å². The second kappa shape index (κ2) is 8.11. The Bertz CT molecular complexity index is 553. The maximum absolute atomic E-state index is 11.3. The second-order valence-electron chi connectivity index (χ2n) is 4.71. The molecule has 6 nitrogen and oxygen atoms in total. The van der Waals surface area contributed by atoms with Gasteiger partial charge in [-0.05, 0) is 24.6 Å². The Hall–Kier alpha value is -1.44. The molecule has 0 spiro atoms. The third-order valence-corrected chi connectivity index (χ3v) is 3.90. The van der Waals surface area contributed by atoms with Crippen LogP contribution in [0.1, 0.15) is 18.9 Å². The average Bonchev–Trinajstić information content (AvgIpc) is 2.38. The highest BCUT2D eigenvalue weighted by atomic mass is 32.2. The Morgan fingerprint density at radius 3 is 2.48 bits per heavy atom. The molecule has 118 valence electrons. The highest BCUT2D eigenvalue weighted by Crippen LogP contribution is 2.10. The van der Waals surface area contributed by atoms with E-state index in [0.717, 1.165) is 11.8 Å². The molecular formula is C14H21NO5S. The van der Waals surface area contributed by atoms with E-state index in [4.69, 9.17) is 4.74 Å². The number of carbonyl (C=O) groups excluding carboxylic acids is 1. The first kappa shape index (κ1) is 17.6. The largest absolute Gasteiger partial charge is 0.466 e. The number of rotatable bonds is 8. The highest BCUT2D eigenvalue weighted by molar-refractivity contribution is 7.90. The van der Waals surface area contributed by atoms with Crippen molar-refractivity contribution in [2.24, 2.45) is 0 Å². The van der Waals surface area contributed by atoms with Crippen LogP contribution in [0.25, 0.3) is 0 Å². The van der Waals surface area contributed by atoms with Crippen LogP contribution in [0.3, 0.4) is 0 Å². The minimum atomic E-state index is -3.18. The summed E-state index contributed by atoms with van der Waals surface area (Å²) in [5, 5.41) is 12.6. The van der Waals surface area contributed by atoms with Gasteiger partial charge in [0, 0.05) is 19.3 Å². The first-order chi connectivity index (χ1) is 9.82. The Labute approximate surface area is 125 Å². The summed E-state index contributed by atoms with van der Waals surface area (Å²) in [6.45, 7) is 2.74. The van der Waals surface area contributed by atoms with E-state index >= 15 is 0 Å². The molecule has 0 aliphatic carbocycles. The van der Waals surface area contributed by atoms with Crippen molar-refractivity contribution in [2.75, 3.05) is 19.4 Å². The van der Waals surface area contributed by atoms with E-state index in [1.807, 2.05) is 0 Å². The maximum atomic E-state index is 11.3. The molecule has 0 aliphatic heterocycles. The third kappa shape index (κ3) is 6.70. The second-order valence-corrected chi connectivity index (χ2v) is 6.73. The van der Waals surface area contributed by atoms with E-state index in [9.17, 15) is 18.3 Å². The van der Waals surface area contributed by atoms with Crippen molar-refractivity contribution in [3.8, 4) is 0 Å². The molecule has 21 heavy (non-hydrogen) atoms. The van der Waals surface area contributed by atoms with E-state index in [1.165, 1.54) is 0 Å². The van der Waals surface area contributed by atoms with Crippen molar-refractivity contribution < 1.29 is 23.1 Å². The summed E-state index contributed by atoms with van der Waals surface area (Å²) in [6.07, 6.45) is 0.305. The monoisotopic (exact) mass is 315 g/mol. The minimum Gasteiger partial charge on any atom is -0.466 e. The van der Waals surface area contributed by atoms with Crippen LogP contribution in [0, 0.1) is 0 Å². The number of hydrogen-bond acceptors (Lipinski definition) is 6. The predicted molar refractivity (Wildman–Crippen MR) is 78.5 cm³/mol. The van der Waals surface area contributed by atoms with Crippen molar-refractivity contribution in [3.63, 3.8) is 0 Å². The van der Waals surface area contributed by atoms with Crippen LogP contribution >= 0.6 is 0 Å². The standard InChI is InChI=1S/C14H21NO5S/c1-3-20-14(17)8-12(16)10-15-9-11-4-6-13(7-5-11)21(2,18)19/h4-7,12,15-16H,3,8-10H2,1-2H3. The van der Waals surface area contributed by atoms with Gasteiger partial charge in [-0.25, -0.2) is 8.42 Å². The van der Waals surface area contributed by atoms with Crippen molar-refractivity contribution in [2.45, 2.75) is 30.9 Å². The third-order valence-electron chi connectivity index (χ3n) is 2.77. The first-order valence-corrected chi connectivity index (χ1v) is 8.55. The molecular weight excluding hydrogens is 294 g/mol. The lowest BCUT2D eigenvalue weighted by atomic mass is 10.2. The molecule has 1 aromatic carbocycles. The SMILES string of the molecule is CCOC(=O)CC(O)CNCc1ccc(S(C)(=O)=O)cc1. The summed E-state index contributed by atoms with van der Waals surface area (Å²) in [5.41, 5.74) is 0.894. The van der Waals surface area contributed by atoms with Gasteiger partial charge in [-0.15, -0.1) is 0 Å². The zero-order valence-electron chi connectivity index (χ0n) is 12.2. The lowest BCUT2D eigenvalue weighted by Gasteiger charge is -2.11. The van der Waals surface area contributed by atoms with Gasteiger partial charge in [-0.2, -0.15) is 0 Å². The van der Waals surface area contributed by atoms with Gasteiger partial charge in [0.15, 0.2) is 9.84 Å². The van der Waals surface area contributed by atoms with Gasteiger partial charge in [-0.3, -0.25) is 4.79 Å². The van der Waals surface area contributed by atoms with Gasteiger partial charge in [0.25, 0.3) is 0 Å². The normalized spacial score (nSPS) is 12.9. The van der Waals surface area contributed by atoms with Gasteiger partial charge >= 0.3 is 5.97 Å². The fourth-order valence-corrected chi connectivity index (χ4v) is 2.35. The van der Waals surface area contributed by atoms with Crippen LogP contribution in [0.15, 0.2) is 29.2 Å². The van der Waals surface area contributed by atoms with Crippen LogP contribution in [-0.4, -0.2) is 45.0 Å². The summed E-state index contributed by atoms with van der Waals surface area (Å²) < 4.78 is 27.4. The summed E-state index contributed by atoms with van der Waals surface area (Å²) in [7, 11) is -3.18. The van der Waals surface area contributed by atoms with Crippen LogP contribution < -0.4 is 5.32 Å². The molecule has 0 saturated carbocycles. The number of benzene rings is 1. The van der Waals surface area contributed by atoms with Gasteiger partial charge in [-0.1, -0.05) is 12.1 Å². The number of aliphatic hydroxyl groups excluding tert-OH is 1. The minimum absolute atomic E-state index is 0.0478. The molecule has 0 radical (unpaired) electrons. The number of carbonyl (C=O) groups is 1. The molecule has 0 heterocycles. The van der Waals surface area contributed by atoms with Gasteiger partial charge in [0.05, 0.1) is 24.0 Å². The quantitative estimate of drug-likeness (QED) is 0.678. The molecule has 0 aliphatic rings. The highest BCUT2D eigenvalue weighted by Gasteiger charge is 2.11. The molecule has 1 unspecified atom stereocenters. The van der Waals surface area contributed by atoms with Gasteiger partial charge < -0.3 is 15.2 Å². The number of ether oxygens (including phenoxy) is 1. The summed E-state index contributed by atoms with van der Waals surface area (Å²) in [4.78, 5) is 11.4. The molecule has 0 saturated heterocycles. The predicted octanol–water partition coefficient (Wildman–Crippen LogP) is 0.494. The number of nitrogens with one attached hydrogen (secondary N) is 1. The fraction of sp³-hybridized carbons (Fsp3) is 0.500. The summed E-state index contributed by atoms with van der Waals surface area (Å²) in [5.74, 6) is -0.427. The lowest BCUT2D eigenvalue weighted by Crippen LogP contribution is -2.29. The maximum Gasteiger partial charge on any atom is 0.308 e. The summed E-state index contributed by atoms with van der Waals surface area (Å²) >= 11 is 0. The van der Waals surface area contributed by atoms with Crippen molar-refractivity contribution >= 4 is 15.8 Å². The number of sulfone groups is 1. The van der Waals surface area contributed by atoms with Crippen LogP contribution in [0.2, 0.25) is 0 Å². The number of aliphatic hydroxyl groups is 1. The molecule has 0 aromatic heterocycles. The average molecular weight is 315 g/mol. The van der Waals surface area contributed by atoms with Gasteiger partial charge in [0.1, 0.15) is 0 Å². The zero-order valence-corrected chi connectivity index (χ0v) is 13.0. The van der Waals surface area contributed by atoms with Crippen molar-refractivity contribution in [1.29, 1.82) is 0 Å². The van der Waals surface area contributed by atoms with E-state index in [0.29, 0.717) is 13.2 Å². The lowest BCUT2D eigenvalue weighted by molar-refractivity contribution is -0.145. The van der Waals surface area contributed by atoms with E-state index in [1.54, 1.807) is 31.2 Å². The fourth-order valence-electron chi connectivity index (χ4n) is 1.72. The number of esters is 1. The summed E-state index contributed by atoms with van der Waals surface area (Å²) in [6, 6.07) is 6.50. The molecule has 1 aromatic rings. The molecule has 0 bridgehead atoms. The van der Waals surface area contributed by atoms with Crippen LogP contribution in [-0.2, 0) is 25.9 Å².